The van der Waals surface area contributed by atoms with Gasteiger partial charge in [-0.15, -0.1) is 10.2 Å². The van der Waals surface area contributed by atoms with Gasteiger partial charge in [-0.05, 0) is 25.0 Å². The topological polar surface area (TPSA) is 56.7 Å². The van der Waals surface area contributed by atoms with E-state index in [1.807, 2.05) is 18.2 Å². The van der Waals surface area contributed by atoms with Gasteiger partial charge < -0.3 is 5.73 Å². The van der Waals surface area contributed by atoms with E-state index < -0.39 is 0 Å². The molecule has 2 N–H and O–H groups in total. The van der Waals surface area contributed by atoms with Crippen molar-refractivity contribution in [1.82, 2.24) is 14.8 Å². The van der Waals surface area contributed by atoms with E-state index in [1.165, 1.54) is 6.42 Å². The van der Waals surface area contributed by atoms with Crippen LogP contribution in [0.25, 0.3) is 5.69 Å². The second kappa shape index (κ2) is 4.21. The molecule has 4 heteroatoms. The van der Waals surface area contributed by atoms with Crippen molar-refractivity contribution in [3.8, 4) is 5.69 Å². The van der Waals surface area contributed by atoms with E-state index in [4.69, 9.17) is 5.73 Å². The second-order valence-corrected chi connectivity index (χ2v) is 5.28. The summed E-state index contributed by atoms with van der Waals surface area (Å²) in [6.45, 7) is 2.20. The second-order valence-electron chi connectivity index (χ2n) is 5.28. The van der Waals surface area contributed by atoms with Crippen molar-refractivity contribution < 1.29 is 0 Å². The molecule has 0 bridgehead atoms. The van der Waals surface area contributed by atoms with Gasteiger partial charge in [-0.1, -0.05) is 31.5 Å². The van der Waals surface area contributed by atoms with Crippen LogP contribution in [-0.2, 0) is 5.41 Å². The minimum atomic E-state index is -0.0632. The first kappa shape index (κ1) is 11.4. The summed E-state index contributed by atoms with van der Waals surface area (Å²) in [6.07, 6.45) is 5.10. The third-order valence-corrected chi connectivity index (χ3v) is 4.12. The van der Waals surface area contributed by atoms with Crippen LogP contribution in [0.1, 0.15) is 32.0 Å². The van der Waals surface area contributed by atoms with E-state index in [1.54, 1.807) is 6.33 Å². The number of benzene rings is 1. The highest BCUT2D eigenvalue weighted by Gasteiger charge is 2.41. The highest BCUT2D eigenvalue weighted by Crippen LogP contribution is 2.39. The lowest BCUT2D eigenvalue weighted by Gasteiger charge is -2.28. The fraction of sp³-hybridized carbons (Fsp3) is 0.429. The van der Waals surface area contributed by atoms with Crippen LogP contribution in [0.2, 0.25) is 0 Å². The minimum absolute atomic E-state index is 0.0632. The Morgan fingerprint density at radius 2 is 2.11 bits per heavy atom. The summed E-state index contributed by atoms with van der Waals surface area (Å²) in [7, 11) is 0. The molecule has 1 fully saturated rings. The first-order valence-electron chi connectivity index (χ1n) is 6.43. The third-order valence-electron chi connectivity index (χ3n) is 4.12. The molecule has 1 heterocycles. The van der Waals surface area contributed by atoms with Gasteiger partial charge in [-0.3, -0.25) is 4.57 Å². The van der Waals surface area contributed by atoms with Crippen LogP contribution in [0, 0.1) is 0 Å². The Morgan fingerprint density at radius 1 is 1.33 bits per heavy atom. The van der Waals surface area contributed by atoms with E-state index >= 15 is 0 Å². The normalized spacial score (nSPS) is 27.6. The van der Waals surface area contributed by atoms with Gasteiger partial charge in [0.2, 0.25) is 0 Å². The average molecular weight is 242 g/mol. The van der Waals surface area contributed by atoms with Crippen molar-refractivity contribution in [3.63, 3.8) is 0 Å². The Balaban J connectivity index is 2.07. The van der Waals surface area contributed by atoms with E-state index in [0.29, 0.717) is 0 Å². The first-order chi connectivity index (χ1) is 8.72. The lowest BCUT2D eigenvalue weighted by Crippen LogP contribution is -2.40. The Labute approximate surface area is 107 Å². The summed E-state index contributed by atoms with van der Waals surface area (Å²) >= 11 is 0. The Hall–Kier alpha value is -1.68. The number of para-hydroxylation sites is 1. The molecule has 4 nitrogen and oxygen atoms in total. The molecule has 2 atom stereocenters. The van der Waals surface area contributed by atoms with Crippen LogP contribution in [-0.4, -0.2) is 20.8 Å². The molecule has 1 aliphatic rings. The summed E-state index contributed by atoms with van der Waals surface area (Å²) in [5.41, 5.74) is 7.30. The van der Waals surface area contributed by atoms with Crippen LogP contribution in [0.15, 0.2) is 36.7 Å². The maximum atomic E-state index is 6.27. The number of hydrogen-bond acceptors (Lipinski definition) is 3. The molecule has 0 aliphatic heterocycles. The summed E-state index contributed by atoms with van der Waals surface area (Å²) in [5.74, 6) is 0.985. The molecule has 18 heavy (non-hydrogen) atoms. The molecule has 1 aliphatic carbocycles. The SMILES string of the molecule is CC1(c2nncn2-c2ccccc2)CCCC1N. The molecule has 2 unspecified atom stereocenters. The standard InChI is InChI=1S/C14H18N4/c1-14(9-5-8-12(14)15)13-17-16-10-18(13)11-6-3-2-4-7-11/h2-4,6-7,10,12H,5,8-9,15H2,1H3. The van der Waals surface area contributed by atoms with E-state index in [2.05, 4.69) is 33.8 Å². The molecule has 0 saturated heterocycles. The summed E-state index contributed by atoms with van der Waals surface area (Å²) in [4.78, 5) is 0. The average Bonchev–Trinajstić information content (AvgIpc) is 2.99. The van der Waals surface area contributed by atoms with Crippen LogP contribution in [0.4, 0.5) is 0 Å². The maximum Gasteiger partial charge on any atom is 0.144 e. The predicted octanol–water partition coefficient (Wildman–Crippen LogP) is 2.04. The Morgan fingerprint density at radius 3 is 2.78 bits per heavy atom. The van der Waals surface area contributed by atoms with Crippen molar-refractivity contribution in [2.24, 2.45) is 5.73 Å². The van der Waals surface area contributed by atoms with Gasteiger partial charge in [0.1, 0.15) is 12.2 Å². The number of hydrogen-bond donors (Lipinski definition) is 1. The molecule has 1 saturated carbocycles. The van der Waals surface area contributed by atoms with Gasteiger partial charge in [0.15, 0.2) is 0 Å². The Kier molecular flexibility index (Phi) is 2.67. The quantitative estimate of drug-likeness (QED) is 0.876. The largest absolute Gasteiger partial charge is 0.327 e. The molecule has 1 aromatic carbocycles. The number of aromatic nitrogens is 3. The van der Waals surface area contributed by atoms with E-state index in [-0.39, 0.29) is 11.5 Å². The van der Waals surface area contributed by atoms with E-state index in [9.17, 15) is 0 Å². The lowest BCUT2D eigenvalue weighted by molar-refractivity contribution is 0.398. The highest BCUT2D eigenvalue weighted by atomic mass is 15.3. The van der Waals surface area contributed by atoms with Crippen LogP contribution >= 0.6 is 0 Å². The van der Waals surface area contributed by atoms with Gasteiger partial charge in [-0.2, -0.15) is 0 Å². The molecule has 0 spiro atoms. The lowest BCUT2D eigenvalue weighted by atomic mass is 9.84. The number of nitrogens with zero attached hydrogens (tertiary/aromatic N) is 3. The van der Waals surface area contributed by atoms with Crippen molar-refractivity contribution in [1.29, 1.82) is 0 Å². The summed E-state index contributed by atoms with van der Waals surface area (Å²) in [6, 6.07) is 10.4. The van der Waals surface area contributed by atoms with Gasteiger partial charge in [0.25, 0.3) is 0 Å². The van der Waals surface area contributed by atoms with Gasteiger partial charge in [0.05, 0.1) is 0 Å². The third kappa shape index (κ3) is 1.64. The van der Waals surface area contributed by atoms with Crippen LogP contribution in [0.3, 0.4) is 0 Å². The van der Waals surface area contributed by atoms with Crippen molar-refractivity contribution in [3.05, 3.63) is 42.5 Å². The molecule has 0 amide bonds. The van der Waals surface area contributed by atoms with Crippen molar-refractivity contribution in [2.75, 3.05) is 0 Å². The van der Waals surface area contributed by atoms with Crippen molar-refractivity contribution >= 4 is 0 Å². The molecule has 94 valence electrons. The van der Waals surface area contributed by atoms with Gasteiger partial charge in [-0.25, -0.2) is 0 Å². The monoisotopic (exact) mass is 242 g/mol. The summed E-state index contributed by atoms with van der Waals surface area (Å²) < 4.78 is 2.06. The fourth-order valence-electron chi connectivity index (χ4n) is 2.87. The fourth-order valence-corrected chi connectivity index (χ4v) is 2.87. The molecular formula is C14H18N4. The predicted molar refractivity (Wildman–Crippen MR) is 70.5 cm³/mol. The number of nitrogens with two attached hydrogens (primary N) is 1. The zero-order valence-electron chi connectivity index (χ0n) is 10.6. The first-order valence-corrected chi connectivity index (χ1v) is 6.43. The molecule has 1 aromatic heterocycles. The minimum Gasteiger partial charge on any atom is -0.327 e. The van der Waals surface area contributed by atoms with Crippen molar-refractivity contribution in [2.45, 2.75) is 37.6 Å². The number of rotatable bonds is 2. The van der Waals surface area contributed by atoms with Gasteiger partial charge >= 0.3 is 0 Å². The smallest absolute Gasteiger partial charge is 0.144 e. The van der Waals surface area contributed by atoms with E-state index in [0.717, 1.165) is 24.4 Å². The summed E-state index contributed by atoms with van der Waals surface area (Å²) in [5, 5.41) is 8.41. The zero-order valence-corrected chi connectivity index (χ0v) is 10.6. The van der Waals surface area contributed by atoms with Crippen LogP contribution in [0.5, 0.6) is 0 Å². The molecule has 0 radical (unpaired) electrons. The highest BCUT2D eigenvalue weighted by molar-refractivity contribution is 5.34. The zero-order chi connectivity index (χ0) is 12.6. The maximum absolute atomic E-state index is 6.27. The van der Waals surface area contributed by atoms with Gasteiger partial charge in [0, 0.05) is 17.1 Å². The molecular weight excluding hydrogens is 224 g/mol. The molecule has 2 aromatic rings. The molecule has 3 rings (SSSR count). The Bertz CT molecular complexity index is 534. The van der Waals surface area contributed by atoms with Crippen LogP contribution < -0.4 is 5.73 Å².